The topological polar surface area (TPSA) is 95.6 Å². The highest BCUT2D eigenvalue weighted by molar-refractivity contribution is 6.06. The Kier molecular flexibility index (Phi) is 4.22. The van der Waals surface area contributed by atoms with Gasteiger partial charge < -0.3 is 15.6 Å². The number of amides is 1. The zero-order valence-electron chi connectivity index (χ0n) is 14.4. The van der Waals surface area contributed by atoms with Gasteiger partial charge in [-0.25, -0.2) is 9.97 Å². The fourth-order valence-electron chi connectivity index (χ4n) is 2.49. The summed E-state index contributed by atoms with van der Waals surface area (Å²) >= 11 is 0. The van der Waals surface area contributed by atoms with Crippen LogP contribution >= 0.6 is 0 Å². The zero-order chi connectivity index (χ0) is 18.0. The Labute approximate surface area is 145 Å². The molecule has 0 unspecified atom stereocenters. The molecule has 1 aromatic carbocycles. The van der Waals surface area contributed by atoms with E-state index < -0.39 is 0 Å². The van der Waals surface area contributed by atoms with Gasteiger partial charge in [0.15, 0.2) is 0 Å². The van der Waals surface area contributed by atoms with Gasteiger partial charge in [0.2, 0.25) is 5.91 Å². The van der Waals surface area contributed by atoms with Crippen LogP contribution in [0.3, 0.4) is 0 Å². The van der Waals surface area contributed by atoms with Gasteiger partial charge in [-0.1, -0.05) is 6.58 Å². The van der Waals surface area contributed by atoms with E-state index in [1.807, 2.05) is 32.9 Å². The van der Waals surface area contributed by atoms with Gasteiger partial charge in [-0.3, -0.25) is 9.78 Å². The van der Waals surface area contributed by atoms with Crippen LogP contribution in [0.1, 0.15) is 20.8 Å². The van der Waals surface area contributed by atoms with Crippen LogP contribution in [-0.4, -0.2) is 31.4 Å². The summed E-state index contributed by atoms with van der Waals surface area (Å²) in [4.78, 5) is 28.2. The molecule has 3 N–H and O–H groups in total. The van der Waals surface area contributed by atoms with Crippen molar-refractivity contribution in [3.05, 3.63) is 43.5 Å². The lowest BCUT2D eigenvalue weighted by Crippen LogP contribution is -2.26. The minimum absolute atomic E-state index is 0.147. The lowest BCUT2D eigenvalue weighted by atomic mass is 10.1. The highest BCUT2D eigenvalue weighted by Gasteiger charge is 2.17. The summed E-state index contributed by atoms with van der Waals surface area (Å²) in [5.41, 5.74) is 3.34. The lowest BCUT2D eigenvalue weighted by Gasteiger charge is -2.21. The Balaban J connectivity index is 2.14. The number of nitrogens with zero attached hydrogens (tertiary/aromatic N) is 3. The largest absolute Gasteiger partial charge is 0.364 e. The van der Waals surface area contributed by atoms with Crippen molar-refractivity contribution < 1.29 is 4.79 Å². The summed E-state index contributed by atoms with van der Waals surface area (Å²) in [6, 6.07) is 3.66. The number of hydrogen-bond donors (Lipinski definition) is 3. The molecular formula is C18H20N6O. The average Bonchev–Trinajstić information content (AvgIpc) is 3.01. The van der Waals surface area contributed by atoms with Crippen LogP contribution in [0.5, 0.6) is 0 Å². The van der Waals surface area contributed by atoms with E-state index in [1.54, 1.807) is 18.7 Å². The van der Waals surface area contributed by atoms with Crippen molar-refractivity contribution in [3.63, 3.8) is 0 Å². The molecule has 0 saturated heterocycles. The number of benzene rings is 1. The first kappa shape index (κ1) is 16.6. The van der Waals surface area contributed by atoms with Crippen LogP contribution in [0, 0.1) is 0 Å². The number of anilines is 2. The van der Waals surface area contributed by atoms with E-state index in [1.165, 1.54) is 6.08 Å². The minimum atomic E-state index is -0.298. The highest BCUT2D eigenvalue weighted by atomic mass is 16.1. The molecule has 2 heterocycles. The second kappa shape index (κ2) is 6.35. The number of rotatable bonds is 4. The number of imidazole rings is 1. The van der Waals surface area contributed by atoms with Crippen molar-refractivity contribution in [1.29, 1.82) is 0 Å². The molecule has 0 fully saturated rings. The van der Waals surface area contributed by atoms with E-state index in [0.29, 0.717) is 28.3 Å². The Bertz CT molecular complexity index is 938. The standard InChI is InChI=1S/C18H20N6O/c1-5-15(25)23-11-6-7-12-17(21-10-20-12)16(11)13-8-19-9-14(22-13)24-18(2,3)4/h5-10H,1H2,2-4H3,(H,20,21)(H,22,24)(H,23,25). The van der Waals surface area contributed by atoms with E-state index in [9.17, 15) is 4.79 Å². The summed E-state index contributed by atoms with van der Waals surface area (Å²) in [5, 5.41) is 6.11. The fraction of sp³-hybridized carbons (Fsp3) is 0.222. The number of nitrogens with one attached hydrogen (secondary N) is 3. The quantitative estimate of drug-likeness (QED) is 0.635. The highest BCUT2D eigenvalue weighted by Crippen LogP contribution is 2.33. The van der Waals surface area contributed by atoms with Crippen LogP contribution in [0.2, 0.25) is 0 Å². The summed E-state index contributed by atoms with van der Waals surface area (Å²) in [7, 11) is 0. The molecule has 0 bridgehead atoms. The molecule has 0 spiro atoms. The zero-order valence-corrected chi connectivity index (χ0v) is 14.4. The first-order valence-electron chi connectivity index (χ1n) is 7.87. The van der Waals surface area contributed by atoms with Gasteiger partial charge in [-0.2, -0.15) is 0 Å². The molecule has 0 aliphatic carbocycles. The van der Waals surface area contributed by atoms with Crippen LogP contribution < -0.4 is 10.6 Å². The number of carbonyl (C=O) groups excluding carboxylic acids is 1. The SMILES string of the molecule is C=CC(=O)Nc1ccc2[nH]cnc2c1-c1cncc(NC(C)(C)C)n1. The van der Waals surface area contributed by atoms with E-state index in [2.05, 4.69) is 37.1 Å². The summed E-state index contributed by atoms with van der Waals surface area (Å²) in [6.07, 6.45) is 6.15. The van der Waals surface area contributed by atoms with Crippen LogP contribution in [0.25, 0.3) is 22.3 Å². The van der Waals surface area contributed by atoms with Crippen LogP contribution in [-0.2, 0) is 4.79 Å². The summed E-state index contributed by atoms with van der Waals surface area (Å²) < 4.78 is 0. The normalized spacial score (nSPS) is 11.3. The fourth-order valence-corrected chi connectivity index (χ4v) is 2.49. The Morgan fingerprint density at radius 3 is 2.80 bits per heavy atom. The first-order chi connectivity index (χ1) is 11.9. The molecule has 7 nitrogen and oxygen atoms in total. The summed E-state index contributed by atoms with van der Waals surface area (Å²) in [5.74, 6) is 0.353. The molecule has 0 aliphatic heterocycles. The molecule has 3 aromatic rings. The third kappa shape index (κ3) is 3.65. The predicted molar refractivity (Wildman–Crippen MR) is 99.3 cm³/mol. The van der Waals surface area contributed by atoms with Crippen molar-refractivity contribution in [2.45, 2.75) is 26.3 Å². The second-order valence-electron chi connectivity index (χ2n) is 6.64. The monoisotopic (exact) mass is 336 g/mol. The molecule has 25 heavy (non-hydrogen) atoms. The third-order valence-corrected chi connectivity index (χ3v) is 3.43. The third-order valence-electron chi connectivity index (χ3n) is 3.43. The van der Waals surface area contributed by atoms with E-state index >= 15 is 0 Å². The van der Waals surface area contributed by atoms with Crippen LogP contribution in [0.4, 0.5) is 11.5 Å². The molecule has 0 saturated carbocycles. The molecular weight excluding hydrogens is 316 g/mol. The van der Waals surface area contributed by atoms with E-state index in [4.69, 9.17) is 0 Å². The van der Waals surface area contributed by atoms with Crippen molar-refractivity contribution in [3.8, 4) is 11.3 Å². The number of H-pyrrole nitrogens is 1. The van der Waals surface area contributed by atoms with Crippen molar-refractivity contribution in [1.82, 2.24) is 19.9 Å². The van der Waals surface area contributed by atoms with E-state index in [0.717, 1.165) is 5.52 Å². The smallest absolute Gasteiger partial charge is 0.247 e. The van der Waals surface area contributed by atoms with Gasteiger partial charge in [0, 0.05) is 5.54 Å². The van der Waals surface area contributed by atoms with Crippen molar-refractivity contribution in [2.24, 2.45) is 0 Å². The maximum atomic E-state index is 11.8. The Morgan fingerprint density at radius 1 is 1.28 bits per heavy atom. The second-order valence-corrected chi connectivity index (χ2v) is 6.64. The summed E-state index contributed by atoms with van der Waals surface area (Å²) in [6.45, 7) is 9.64. The molecule has 0 aliphatic rings. The van der Waals surface area contributed by atoms with Gasteiger partial charge in [0.1, 0.15) is 5.82 Å². The van der Waals surface area contributed by atoms with Gasteiger partial charge in [-0.15, -0.1) is 0 Å². The molecule has 0 atom stereocenters. The Hall–Kier alpha value is -3.22. The van der Waals surface area contributed by atoms with Crippen molar-refractivity contribution in [2.75, 3.05) is 10.6 Å². The number of aromatic nitrogens is 4. The maximum Gasteiger partial charge on any atom is 0.247 e. The molecule has 1 amide bonds. The number of fused-ring (bicyclic) bond motifs is 1. The molecule has 7 heteroatoms. The first-order valence-corrected chi connectivity index (χ1v) is 7.87. The molecule has 0 radical (unpaired) electrons. The molecule has 3 rings (SSSR count). The van der Waals surface area contributed by atoms with Crippen LogP contribution in [0.15, 0.2) is 43.5 Å². The number of hydrogen-bond acceptors (Lipinski definition) is 5. The maximum absolute atomic E-state index is 11.8. The van der Waals surface area contributed by atoms with Gasteiger partial charge in [-0.05, 0) is 39.0 Å². The van der Waals surface area contributed by atoms with Gasteiger partial charge >= 0.3 is 0 Å². The lowest BCUT2D eigenvalue weighted by molar-refractivity contribution is -0.111. The molecule has 128 valence electrons. The van der Waals surface area contributed by atoms with Gasteiger partial charge in [0.05, 0.1) is 46.7 Å². The molecule has 2 aromatic heterocycles. The number of carbonyl (C=O) groups is 1. The predicted octanol–water partition coefficient (Wildman–Crippen LogP) is 3.35. The number of aromatic amines is 1. The minimum Gasteiger partial charge on any atom is -0.364 e. The average molecular weight is 336 g/mol. The Morgan fingerprint density at radius 2 is 2.08 bits per heavy atom. The van der Waals surface area contributed by atoms with E-state index in [-0.39, 0.29) is 11.4 Å². The van der Waals surface area contributed by atoms with Gasteiger partial charge in [0.25, 0.3) is 0 Å². The van der Waals surface area contributed by atoms with Crippen molar-refractivity contribution >= 4 is 28.4 Å².